The molecule has 6 heteroatoms. The second-order valence-electron chi connectivity index (χ2n) is 8.26. The van der Waals surface area contributed by atoms with Crippen LogP contribution in [0.3, 0.4) is 0 Å². The molecule has 178 valence electrons. The second-order valence-corrected chi connectivity index (χ2v) is 8.26. The van der Waals surface area contributed by atoms with Gasteiger partial charge in [0.1, 0.15) is 17.3 Å². The van der Waals surface area contributed by atoms with Crippen molar-refractivity contribution in [3.05, 3.63) is 138 Å². The average molecular weight is 478 g/mol. The lowest BCUT2D eigenvalue weighted by Crippen LogP contribution is -2.31. The molecular weight excluding hydrogens is 453 g/mol. The van der Waals surface area contributed by atoms with E-state index in [1.165, 1.54) is 12.1 Å². The molecule has 1 amide bonds. The van der Waals surface area contributed by atoms with Crippen molar-refractivity contribution < 1.29 is 13.9 Å². The Kier molecular flexibility index (Phi) is 6.58. The van der Waals surface area contributed by atoms with Gasteiger partial charge in [-0.1, -0.05) is 60.7 Å². The van der Waals surface area contributed by atoms with Crippen LogP contribution >= 0.6 is 0 Å². The summed E-state index contributed by atoms with van der Waals surface area (Å²) < 4.78 is 20.4. The second kappa shape index (κ2) is 10.3. The number of nitrogens with zero attached hydrogens (tertiary/aromatic N) is 2. The number of hydrogen-bond donors (Lipinski definition) is 1. The summed E-state index contributed by atoms with van der Waals surface area (Å²) in [6, 6.07) is 34.3. The van der Waals surface area contributed by atoms with Crippen LogP contribution in [-0.2, 0) is 0 Å². The fourth-order valence-corrected chi connectivity index (χ4v) is 4.08. The van der Waals surface area contributed by atoms with E-state index in [2.05, 4.69) is 5.32 Å². The topological polar surface area (TPSA) is 56.1 Å². The van der Waals surface area contributed by atoms with Crippen molar-refractivity contribution in [3.63, 3.8) is 0 Å². The van der Waals surface area contributed by atoms with Gasteiger partial charge in [0, 0.05) is 5.56 Å². The maximum Gasteiger partial charge on any atom is 0.270 e. The number of aromatic nitrogens is 2. The Morgan fingerprint density at radius 1 is 0.833 bits per heavy atom. The van der Waals surface area contributed by atoms with Crippen LogP contribution in [0.25, 0.3) is 16.9 Å². The van der Waals surface area contributed by atoms with Gasteiger partial charge in [0.2, 0.25) is 0 Å². The molecule has 1 aromatic heterocycles. The predicted octanol–water partition coefficient (Wildman–Crippen LogP) is 6.21. The standard InChI is InChI=1S/C30H24FN3O2/c1-36-26-18-12-21(13-19-26)27-20-28(34(33-27)25-16-14-24(31)15-17-25)30(35)32-29(22-8-4-2-5-9-22)23-10-6-3-7-11-23/h2-20,29H,1H3,(H,32,35). The van der Waals surface area contributed by atoms with Crippen molar-refractivity contribution in [2.45, 2.75) is 6.04 Å². The number of carbonyl (C=O) groups is 1. The molecule has 0 aliphatic carbocycles. The first-order valence-electron chi connectivity index (χ1n) is 11.5. The highest BCUT2D eigenvalue weighted by molar-refractivity contribution is 5.95. The molecule has 1 heterocycles. The van der Waals surface area contributed by atoms with Crippen molar-refractivity contribution in [1.29, 1.82) is 0 Å². The average Bonchev–Trinajstić information content (AvgIpc) is 3.39. The minimum absolute atomic E-state index is 0.302. The zero-order chi connectivity index (χ0) is 24.9. The smallest absolute Gasteiger partial charge is 0.270 e. The Morgan fingerprint density at radius 3 is 1.97 bits per heavy atom. The number of nitrogens with one attached hydrogen (secondary N) is 1. The molecule has 0 aliphatic heterocycles. The Bertz CT molecular complexity index is 1410. The van der Waals surface area contributed by atoms with E-state index in [0.717, 1.165) is 22.4 Å². The largest absolute Gasteiger partial charge is 0.497 e. The molecule has 4 aromatic carbocycles. The third-order valence-corrected chi connectivity index (χ3v) is 5.94. The van der Waals surface area contributed by atoms with Gasteiger partial charge < -0.3 is 10.1 Å². The molecule has 0 unspecified atom stereocenters. The van der Waals surface area contributed by atoms with Crippen molar-refractivity contribution in [3.8, 4) is 22.7 Å². The molecule has 0 aliphatic rings. The van der Waals surface area contributed by atoms with E-state index < -0.39 is 0 Å². The molecule has 0 saturated heterocycles. The first-order valence-corrected chi connectivity index (χ1v) is 11.5. The first kappa shape index (κ1) is 23.1. The molecule has 5 rings (SSSR count). The van der Waals surface area contributed by atoms with Gasteiger partial charge in [0.05, 0.1) is 24.5 Å². The quantitative estimate of drug-likeness (QED) is 0.303. The number of benzene rings is 4. The summed E-state index contributed by atoms with van der Waals surface area (Å²) in [5, 5.41) is 7.88. The van der Waals surface area contributed by atoms with Crippen LogP contribution in [0.4, 0.5) is 4.39 Å². The van der Waals surface area contributed by atoms with Crippen molar-refractivity contribution in [1.82, 2.24) is 15.1 Å². The number of carbonyl (C=O) groups excluding carboxylic acids is 1. The highest BCUT2D eigenvalue weighted by atomic mass is 19.1. The van der Waals surface area contributed by atoms with E-state index in [0.29, 0.717) is 17.1 Å². The highest BCUT2D eigenvalue weighted by Gasteiger charge is 2.22. The fourth-order valence-electron chi connectivity index (χ4n) is 4.08. The van der Waals surface area contributed by atoms with E-state index in [4.69, 9.17) is 9.84 Å². The first-order chi connectivity index (χ1) is 17.6. The Balaban J connectivity index is 1.56. The van der Waals surface area contributed by atoms with Crippen LogP contribution in [-0.4, -0.2) is 22.8 Å². The van der Waals surface area contributed by atoms with E-state index in [1.807, 2.05) is 84.9 Å². The van der Waals surface area contributed by atoms with Gasteiger partial charge in [-0.15, -0.1) is 0 Å². The van der Waals surface area contributed by atoms with Crippen LogP contribution in [0.2, 0.25) is 0 Å². The van der Waals surface area contributed by atoms with Gasteiger partial charge in [-0.2, -0.15) is 5.10 Å². The maximum absolute atomic E-state index is 13.7. The van der Waals surface area contributed by atoms with Gasteiger partial charge in [-0.3, -0.25) is 4.79 Å². The summed E-state index contributed by atoms with van der Waals surface area (Å²) in [6.45, 7) is 0. The fraction of sp³-hybridized carbons (Fsp3) is 0.0667. The number of amides is 1. The minimum atomic E-state index is -0.361. The highest BCUT2D eigenvalue weighted by Crippen LogP contribution is 2.26. The zero-order valence-corrected chi connectivity index (χ0v) is 19.6. The third-order valence-electron chi connectivity index (χ3n) is 5.94. The normalized spacial score (nSPS) is 10.9. The number of hydrogen-bond acceptors (Lipinski definition) is 3. The zero-order valence-electron chi connectivity index (χ0n) is 19.6. The van der Waals surface area contributed by atoms with Gasteiger partial charge in [-0.05, 0) is 65.7 Å². The summed E-state index contributed by atoms with van der Waals surface area (Å²) >= 11 is 0. The van der Waals surface area contributed by atoms with Crippen LogP contribution in [0, 0.1) is 5.82 Å². The van der Waals surface area contributed by atoms with Gasteiger partial charge in [0.25, 0.3) is 5.91 Å². The summed E-state index contributed by atoms with van der Waals surface area (Å²) in [5.74, 6) is 0.0630. The summed E-state index contributed by atoms with van der Waals surface area (Å²) in [4.78, 5) is 13.7. The minimum Gasteiger partial charge on any atom is -0.497 e. The number of methoxy groups -OCH3 is 1. The van der Waals surface area contributed by atoms with Gasteiger partial charge in [0.15, 0.2) is 0 Å². The van der Waals surface area contributed by atoms with Crippen LogP contribution in [0.1, 0.15) is 27.7 Å². The molecule has 0 radical (unpaired) electrons. The maximum atomic E-state index is 13.7. The molecule has 0 fully saturated rings. The van der Waals surface area contributed by atoms with E-state index in [-0.39, 0.29) is 17.8 Å². The molecule has 5 nitrogen and oxygen atoms in total. The molecule has 0 spiro atoms. The van der Waals surface area contributed by atoms with Crippen molar-refractivity contribution in [2.75, 3.05) is 7.11 Å². The van der Waals surface area contributed by atoms with E-state index >= 15 is 0 Å². The van der Waals surface area contributed by atoms with E-state index in [9.17, 15) is 9.18 Å². The molecule has 0 bridgehead atoms. The monoisotopic (exact) mass is 477 g/mol. The molecule has 1 N–H and O–H groups in total. The third kappa shape index (κ3) is 4.88. The van der Waals surface area contributed by atoms with Gasteiger partial charge >= 0.3 is 0 Å². The van der Waals surface area contributed by atoms with E-state index in [1.54, 1.807) is 30.0 Å². The van der Waals surface area contributed by atoms with Crippen LogP contribution < -0.4 is 10.1 Å². The Labute approximate surface area is 208 Å². The summed E-state index contributed by atoms with van der Waals surface area (Å²) in [6.07, 6.45) is 0. The molecule has 0 saturated carbocycles. The van der Waals surface area contributed by atoms with Crippen LogP contribution in [0.15, 0.2) is 115 Å². The summed E-state index contributed by atoms with van der Waals surface area (Å²) in [7, 11) is 1.61. The summed E-state index contributed by atoms with van der Waals surface area (Å²) in [5.41, 5.74) is 4.28. The molecule has 36 heavy (non-hydrogen) atoms. The number of halogens is 1. The van der Waals surface area contributed by atoms with Crippen molar-refractivity contribution >= 4 is 5.91 Å². The van der Waals surface area contributed by atoms with Gasteiger partial charge in [-0.25, -0.2) is 9.07 Å². The molecule has 0 atom stereocenters. The Morgan fingerprint density at radius 2 is 1.42 bits per heavy atom. The lowest BCUT2D eigenvalue weighted by Gasteiger charge is -2.20. The lowest BCUT2D eigenvalue weighted by atomic mass is 9.98. The lowest BCUT2D eigenvalue weighted by molar-refractivity contribution is 0.0935. The SMILES string of the molecule is COc1ccc(-c2cc(C(=O)NC(c3ccccc3)c3ccccc3)n(-c3ccc(F)cc3)n2)cc1. The van der Waals surface area contributed by atoms with Crippen LogP contribution in [0.5, 0.6) is 5.75 Å². The predicted molar refractivity (Wildman–Crippen MR) is 138 cm³/mol. The molecule has 5 aromatic rings. The van der Waals surface area contributed by atoms with Crippen molar-refractivity contribution in [2.24, 2.45) is 0 Å². The number of rotatable bonds is 7. The number of ether oxygens (including phenoxy) is 1. The molecular formula is C30H24FN3O2. The Hall–Kier alpha value is -4.71.